The zero-order valence-electron chi connectivity index (χ0n) is 8.14. The van der Waals surface area contributed by atoms with Crippen LogP contribution in [0.4, 0.5) is 0 Å². The molecule has 0 aliphatic heterocycles. The van der Waals surface area contributed by atoms with Crippen LogP contribution in [-0.4, -0.2) is 16.1 Å². The summed E-state index contributed by atoms with van der Waals surface area (Å²) in [5, 5.41) is 11.6. The molecule has 0 fully saturated rings. The Morgan fingerprint density at radius 2 is 2.38 bits per heavy atom. The minimum Gasteiger partial charge on any atom is -0.481 e. The molecule has 0 aliphatic carbocycles. The van der Waals surface area contributed by atoms with E-state index in [2.05, 4.69) is 20.9 Å². The molecule has 2 rings (SSSR count). The van der Waals surface area contributed by atoms with Crippen LogP contribution in [-0.2, 0) is 11.2 Å². The fraction of sp³-hybridized carbons (Fsp3) is 0.200. The largest absolute Gasteiger partial charge is 0.481 e. The molecular formula is C10H8BrNO2S2. The van der Waals surface area contributed by atoms with Gasteiger partial charge in [0.2, 0.25) is 0 Å². The minimum absolute atomic E-state index is 0.117. The second-order valence-electron chi connectivity index (χ2n) is 3.11. The predicted octanol–water partition coefficient (Wildman–Crippen LogP) is 3.65. The number of aliphatic carboxylic acids is 1. The van der Waals surface area contributed by atoms with Gasteiger partial charge in [-0.15, -0.1) is 22.7 Å². The van der Waals surface area contributed by atoms with E-state index in [0.29, 0.717) is 6.42 Å². The van der Waals surface area contributed by atoms with Gasteiger partial charge >= 0.3 is 5.97 Å². The van der Waals surface area contributed by atoms with E-state index >= 15 is 0 Å². The standard InChI is InChI=1S/C10H8BrNO2S2/c11-9-6(3-4-8(13)14)12-10(16-9)7-2-1-5-15-7/h1-2,5H,3-4H2,(H,13,14). The summed E-state index contributed by atoms with van der Waals surface area (Å²) in [6.07, 6.45) is 0.587. The summed E-state index contributed by atoms with van der Waals surface area (Å²) in [4.78, 5) is 16.0. The number of carbonyl (C=O) groups is 1. The van der Waals surface area contributed by atoms with Crippen molar-refractivity contribution in [1.82, 2.24) is 4.98 Å². The van der Waals surface area contributed by atoms with Gasteiger partial charge in [0.05, 0.1) is 20.8 Å². The van der Waals surface area contributed by atoms with Crippen LogP contribution in [0.3, 0.4) is 0 Å². The lowest BCUT2D eigenvalue weighted by Gasteiger charge is -1.92. The number of hydrogen-bond donors (Lipinski definition) is 1. The SMILES string of the molecule is O=C(O)CCc1nc(-c2cccs2)sc1Br. The molecule has 0 saturated carbocycles. The van der Waals surface area contributed by atoms with Crippen LogP contribution in [0.25, 0.3) is 9.88 Å². The summed E-state index contributed by atoms with van der Waals surface area (Å²) in [6.45, 7) is 0. The first kappa shape index (κ1) is 11.8. The van der Waals surface area contributed by atoms with Crippen LogP contribution in [0.2, 0.25) is 0 Å². The summed E-state index contributed by atoms with van der Waals surface area (Å²) in [5.74, 6) is -0.794. The van der Waals surface area contributed by atoms with E-state index in [1.807, 2.05) is 17.5 Å². The van der Waals surface area contributed by atoms with Crippen LogP contribution in [0.5, 0.6) is 0 Å². The van der Waals surface area contributed by atoms with Crippen LogP contribution in [0.15, 0.2) is 21.3 Å². The predicted molar refractivity (Wildman–Crippen MR) is 69.1 cm³/mol. The maximum absolute atomic E-state index is 10.5. The number of rotatable bonds is 4. The van der Waals surface area contributed by atoms with E-state index in [9.17, 15) is 4.79 Å². The van der Waals surface area contributed by atoms with Gasteiger partial charge in [0.15, 0.2) is 0 Å². The van der Waals surface area contributed by atoms with Crippen LogP contribution >= 0.6 is 38.6 Å². The molecule has 84 valence electrons. The van der Waals surface area contributed by atoms with Crippen molar-refractivity contribution in [2.75, 3.05) is 0 Å². The molecule has 3 nitrogen and oxygen atoms in total. The summed E-state index contributed by atoms with van der Waals surface area (Å²) >= 11 is 6.60. The van der Waals surface area contributed by atoms with Crippen molar-refractivity contribution in [3.63, 3.8) is 0 Å². The molecule has 2 aromatic heterocycles. The Labute approximate surface area is 109 Å². The van der Waals surface area contributed by atoms with E-state index in [1.54, 1.807) is 22.7 Å². The zero-order valence-corrected chi connectivity index (χ0v) is 11.4. The van der Waals surface area contributed by atoms with Gasteiger partial charge in [-0.1, -0.05) is 6.07 Å². The van der Waals surface area contributed by atoms with Gasteiger partial charge in [-0.2, -0.15) is 0 Å². The highest BCUT2D eigenvalue weighted by Gasteiger charge is 2.12. The number of carboxylic acid groups (broad SMARTS) is 1. The Morgan fingerprint density at radius 1 is 1.56 bits per heavy atom. The smallest absolute Gasteiger partial charge is 0.303 e. The van der Waals surface area contributed by atoms with Crippen molar-refractivity contribution in [2.45, 2.75) is 12.8 Å². The molecule has 0 saturated heterocycles. The average molecular weight is 318 g/mol. The average Bonchev–Trinajstić information content (AvgIpc) is 2.83. The number of aromatic nitrogens is 1. The van der Waals surface area contributed by atoms with E-state index in [0.717, 1.165) is 19.4 Å². The molecule has 1 N–H and O–H groups in total. The monoisotopic (exact) mass is 317 g/mol. The molecule has 2 aromatic rings. The van der Waals surface area contributed by atoms with Gasteiger partial charge < -0.3 is 5.11 Å². The number of halogens is 1. The number of hydrogen-bond acceptors (Lipinski definition) is 4. The molecule has 0 radical (unpaired) electrons. The number of nitrogens with zero attached hydrogens (tertiary/aromatic N) is 1. The zero-order chi connectivity index (χ0) is 11.5. The highest BCUT2D eigenvalue weighted by atomic mass is 79.9. The lowest BCUT2D eigenvalue weighted by molar-refractivity contribution is -0.136. The molecule has 0 spiro atoms. The first-order chi connectivity index (χ1) is 7.66. The van der Waals surface area contributed by atoms with Gasteiger partial charge in [-0.05, 0) is 27.4 Å². The van der Waals surface area contributed by atoms with Gasteiger partial charge in [0.1, 0.15) is 5.01 Å². The van der Waals surface area contributed by atoms with Gasteiger partial charge in [0, 0.05) is 6.42 Å². The van der Waals surface area contributed by atoms with Crippen molar-refractivity contribution in [1.29, 1.82) is 0 Å². The Balaban J connectivity index is 2.19. The second-order valence-corrected chi connectivity index (χ2v) is 6.38. The fourth-order valence-corrected chi connectivity index (χ4v) is 3.60. The van der Waals surface area contributed by atoms with Crippen molar-refractivity contribution >= 4 is 44.6 Å². The van der Waals surface area contributed by atoms with Crippen molar-refractivity contribution in [3.05, 3.63) is 27.0 Å². The summed E-state index contributed by atoms with van der Waals surface area (Å²) in [5.41, 5.74) is 0.829. The normalized spacial score (nSPS) is 10.6. The third-order valence-corrected chi connectivity index (χ3v) is 4.83. The highest BCUT2D eigenvalue weighted by Crippen LogP contribution is 2.34. The molecule has 0 atom stereocenters. The number of thiophene rings is 1. The third kappa shape index (κ3) is 2.69. The number of aryl methyl sites for hydroxylation is 1. The Morgan fingerprint density at radius 3 is 3.00 bits per heavy atom. The fourth-order valence-electron chi connectivity index (χ4n) is 1.22. The lowest BCUT2D eigenvalue weighted by atomic mass is 10.2. The second kappa shape index (κ2) is 5.07. The molecule has 16 heavy (non-hydrogen) atoms. The highest BCUT2D eigenvalue weighted by molar-refractivity contribution is 9.11. The van der Waals surface area contributed by atoms with Crippen molar-refractivity contribution in [2.24, 2.45) is 0 Å². The lowest BCUT2D eigenvalue weighted by Crippen LogP contribution is -1.97. The summed E-state index contributed by atoms with van der Waals surface area (Å²) in [7, 11) is 0. The van der Waals surface area contributed by atoms with Gasteiger partial charge in [-0.25, -0.2) is 4.98 Å². The topological polar surface area (TPSA) is 50.2 Å². The quantitative estimate of drug-likeness (QED) is 0.936. The molecular weight excluding hydrogens is 310 g/mol. The van der Waals surface area contributed by atoms with Crippen molar-refractivity contribution < 1.29 is 9.90 Å². The van der Waals surface area contributed by atoms with Crippen LogP contribution in [0.1, 0.15) is 12.1 Å². The Kier molecular flexibility index (Phi) is 3.73. The summed E-state index contributed by atoms with van der Waals surface area (Å²) < 4.78 is 0.928. The molecule has 0 bridgehead atoms. The molecule has 0 aliphatic rings. The first-order valence-corrected chi connectivity index (χ1v) is 7.06. The van der Waals surface area contributed by atoms with Crippen molar-refractivity contribution in [3.8, 4) is 9.88 Å². The van der Waals surface area contributed by atoms with E-state index in [1.165, 1.54) is 0 Å². The third-order valence-electron chi connectivity index (χ3n) is 1.96. The van der Waals surface area contributed by atoms with Gasteiger partial charge in [-0.3, -0.25) is 4.79 Å². The molecule has 2 heterocycles. The molecule has 0 unspecified atom stereocenters. The van der Waals surface area contributed by atoms with Crippen LogP contribution < -0.4 is 0 Å². The maximum atomic E-state index is 10.5. The van der Waals surface area contributed by atoms with E-state index < -0.39 is 5.97 Å². The first-order valence-electron chi connectivity index (χ1n) is 4.57. The maximum Gasteiger partial charge on any atom is 0.303 e. The van der Waals surface area contributed by atoms with E-state index in [4.69, 9.17) is 5.11 Å². The number of carboxylic acids is 1. The Hall–Kier alpha value is -0.720. The van der Waals surface area contributed by atoms with E-state index in [-0.39, 0.29) is 6.42 Å². The molecule has 6 heteroatoms. The summed E-state index contributed by atoms with van der Waals surface area (Å²) in [6, 6.07) is 3.99. The van der Waals surface area contributed by atoms with Gasteiger partial charge in [0.25, 0.3) is 0 Å². The Bertz CT molecular complexity index is 493. The minimum atomic E-state index is -0.794. The van der Waals surface area contributed by atoms with Crippen LogP contribution in [0, 0.1) is 0 Å². The molecule has 0 aromatic carbocycles. The molecule has 0 amide bonds. The number of thiazole rings is 1.